The molecule has 0 spiro atoms. The molecule has 102 valence electrons. The summed E-state index contributed by atoms with van der Waals surface area (Å²) in [4.78, 5) is 6.10. The molecule has 18 heavy (non-hydrogen) atoms. The minimum Gasteiger partial charge on any atom is -0.477 e. The maximum absolute atomic E-state index is 13.1. The van der Waals surface area contributed by atoms with Gasteiger partial charge in [-0.3, -0.25) is 0 Å². The molecule has 5 heteroatoms. The van der Waals surface area contributed by atoms with Crippen LogP contribution in [0.5, 0.6) is 5.88 Å². The van der Waals surface area contributed by atoms with Crippen LogP contribution in [0.3, 0.4) is 0 Å². The molecular formula is C13H22FN3O. The minimum absolute atomic E-state index is 0.330. The van der Waals surface area contributed by atoms with Crippen molar-refractivity contribution in [2.75, 3.05) is 33.8 Å². The first-order valence-electron chi connectivity index (χ1n) is 6.26. The molecule has 0 aromatic carbocycles. The maximum atomic E-state index is 13.1. The first-order chi connectivity index (χ1) is 8.63. The number of pyridine rings is 1. The largest absolute Gasteiger partial charge is 0.477 e. The number of hydrogen-bond acceptors (Lipinski definition) is 4. The summed E-state index contributed by atoms with van der Waals surface area (Å²) in [7, 11) is 4.04. The quantitative estimate of drug-likeness (QED) is 0.717. The molecule has 1 heterocycles. The van der Waals surface area contributed by atoms with Crippen LogP contribution in [0.4, 0.5) is 4.39 Å². The number of halogens is 1. The van der Waals surface area contributed by atoms with Crippen LogP contribution < -0.4 is 10.1 Å². The van der Waals surface area contributed by atoms with Gasteiger partial charge in [-0.25, -0.2) is 9.37 Å². The lowest BCUT2D eigenvalue weighted by atomic mass is 10.2. The predicted octanol–water partition coefficient (Wildman–Crippen LogP) is 1.66. The zero-order chi connectivity index (χ0) is 13.4. The lowest BCUT2D eigenvalue weighted by Gasteiger charge is -2.12. The van der Waals surface area contributed by atoms with Crippen molar-refractivity contribution in [1.82, 2.24) is 15.2 Å². The summed E-state index contributed by atoms with van der Waals surface area (Å²) in [5.74, 6) is 0.194. The average Bonchev–Trinajstić information content (AvgIpc) is 2.33. The average molecular weight is 255 g/mol. The lowest BCUT2D eigenvalue weighted by Crippen LogP contribution is -2.17. The van der Waals surface area contributed by atoms with Crippen LogP contribution in [0.25, 0.3) is 0 Å². The molecule has 0 aliphatic rings. The highest BCUT2D eigenvalue weighted by Gasteiger charge is 2.06. The Balaban J connectivity index is 2.52. The van der Waals surface area contributed by atoms with E-state index in [2.05, 4.69) is 15.2 Å². The van der Waals surface area contributed by atoms with Gasteiger partial charge in [-0.05, 0) is 33.1 Å². The number of ether oxygens (including phenoxy) is 1. The third-order valence-electron chi connectivity index (χ3n) is 2.45. The number of aromatic nitrogens is 1. The molecule has 1 N–H and O–H groups in total. The normalized spacial score (nSPS) is 10.9. The molecule has 0 radical (unpaired) electrons. The van der Waals surface area contributed by atoms with Gasteiger partial charge in [0.05, 0.1) is 12.8 Å². The molecule has 1 aromatic heterocycles. The second kappa shape index (κ2) is 8.00. The van der Waals surface area contributed by atoms with Crippen LogP contribution in [-0.4, -0.2) is 43.7 Å². The summed E-state index contributed by atoms with van der Waals surface area (Å²) in [6.45, 7) is 4.96. The molecular weight excluding hydrogens is 233 g/mol. The number of nitrogens with one attached hydrogen (secondary N) is 1. The van der Waals surface area contributed by atoms with E-state index >= 15 is 0 Å². The van der Waals surface area contributed by atoms with E-state index in [4.69, 9.17) is 4.74 Å². The molecule has 0 aliphatic carbocycles. The molecule has 4 nitrogen and oxygen atoms in total. The van der Waals surface area contributed by atoms with Gasteiger partial charge in [0.1, 0.15) is 5.82 Å². The highest BCUT2D eigenvalue weighted by atomic mass is 19.1. The van der Waals surface area contributed by atoms with Crippen LogP contribution in [0.1, 0.15) is 18.9 Å². The molecule has 0 bridgehead atoms. The summed E-state index contributed by atoms with van der Waals surface area (Å²) in [6, 6.07) is 1.47. The summed E-state index contributed by atoms with van der Waals surface area (Å²) in [6.07, 6.45) is 2.11. The van der Waals surface area contributed by atoms with Crippen molar-refractivity contribution in [2.24, 2.45) is 0 Å². The standard InChI is InChI=1S/C13H22FN3O/c1-4-15-9-11-8-12(14)10-16-13(11)18-7-5-6-17(2)3/h8,10,15H,4-7,9H2,1-3H3. The van der Waals surface area contributed by atoms with Gasteiger partial charge in [0.2, 0.25) is 5.88 Å². The Morgan fingerprint density at radius 1 is 1.44 bits per heavy atom. The fraction of sp³-hybridized carbons (Fsp3) is 0.615. The lowest BCUT2D eigenvalue weighted by molar-refractivity contribution is 0.269. The first kappa shape index (κ1) is 14.9. The highest BCUT2D eigenvalue weighted by molar-refractivity contribution is 5.26. The van der Waals surface area contributed by atoms with E-state index in [0.717, 1.165) is 25.1 Å². The molecule has 0 aliphatic heterocycles. The smallest absolute Gasteiger partial charge is 0.218 e. The molecule has 0 unspecified atom stereocenters. The van der Waals surface area contributed by atoms with Gasteiger partial charge in [-0.2, -0.15) is 0 Å². The molecule has 1 aromatic rings. The van der Waals surface area contributed by atoms with E-state index in [9.17, 15) is 4.39 Å². The highest BCUT2D eigenvalue weighted by Crippen LogP contribution is 2.16. The fourth-order valence-electron chi connectivity index (χ4n) is 1.53. The van der Waals surface area contributed by atoms with E-state index in [-0.39, 0.29) is 5.82 Å². The van der Waals surface area contributed by atoms with Gasteiger partial charge in [-0.1, -0.05) is 6.92 Å². The third kappa shape index (κ3) is 5.42. The van der Waals surface area contributed by atoms with Gasteiger partial charge in [0.15, 0.2) is 0 Å². The van der Waals surface area contributed by atoms with Crippen molar-refractivity contribution in [2.45, 2.75) is 19.9 Å². The fourth-order valence-corrected chi connectivity index (χ4v) is 1.53. The van der Waals surface area contributed by atoms with Crippen LogP contribution in [-0.2, 0) is 6.54 Å². The van der Waals surface area contributed by atoms with Gasteiger partial charge in [0.25, 0.3) is 0 Å². The Labute approximate surface area is 108 Å². The van der Waals surface area contributed by atoms with Gasteiger partial charge in [-0.15, -0.1) is 0 Å². The first-order valence-corrected chi connectivity index (χ1v) is 6.26. The summed E-state index contributed by atoms with van der Waals surface area (Å²) >= 11 is 0. The second-order valence-corrected chi connectivity index (χ2v) is 4.40. The number of nitrogens with zero attached hydrogens (tertiary/aromatic N) is 2. The van der Waals surface area contributed by atoms with E-state index < -0.39 is 0 Å². The van der Waals surface area contributed by atoms with Crippen molar-refractivity contribution in [3.8, 4) is 5.88 Å². The number of hydrogen-bond donors (Lipinski definition) is 1. The van der Waals surface area contributed by atoms with E-state index in [1.165, 1.54) is 12.3 Å². The second-order valence-electron chi connectivity index (χ2n) is 4.40. The molecule has 0 saturated carbocycles. The van der Waals surface area contributed by atoms with Gasteiger partial charge in [0, 0.05) is 18.7 Å². The molecule has 0 fully saturated rings. The number of rotatable bonds is 8. The Bertz CT molecular complexity index is 358. The molecule has 0 amide bonds. The van der Waals surface area contributed by atoms with Crippen LogP contribution >= 0.6 is 0 Å². The Hall–Kier alpha value is -1.20. The summed E-state index contributed by atoms with van der Waals surface area (Å²) in [5.41, 5.74) is 0.765. The predicted molar refractivity (Wildman–Crippen MR) is 70.2 cm³/mol. The summed E-state index contributed by atoms with van der Waals surface area (Å²) in [5, 5.41) is 3.15. The third-order valence-corrected chi connectivity index (χ3v) is 2.45. The Morgan fingerprint density at radius 2 is 2.22 bits per heavy atom. The zero-order valence-electron chi connectivity index (χ0n) is 11.4. The maximum Gasteiger partial charge on any atom is 0.218 e. The minimum atomic E-state index is -0.330. The van der Waals surface area contributed by atoms with Gasteiger partial charge < -0.3 is 15.0 Å². The molecule has 1 rings (SSSR count). The van der Waals surface area contributed by atoms with Gasteiger partial charge >= 0.3 is 0 Å². The Morgan fingerprint density at radius 3 is 2.89 bits per heavy atom. The van der Waals surface area contributed by atoms with Crippen molar-refractivity contribution in [3.05, 3.63) is 23.6 Å². The molecule has 0 atom stereocenters. The summed E-state index contributed by atoms with van der Waals surface area (Å²) < 4.78 is 18.7. The Kier molecular flexibility index (Phi) is 6.60. The van der Waals surface area contributed by atoms with Crippen molar-refractivity contribution in [3.63, 3.8) is 0 Å². The van der Waals surface area contributed by atoms with Crippen LogP contribution in [0, 0.1) is 5.82 Å². The van der Waals surface area contributed by atoms with E-state index in [1.807, 2.05) is 21.0 Å². The SMILES string of the molecule is CCNCc1cc(F)cnc1OCCCN(C)C. The zero-order valence-corrected chi connectivity index (χ0v) is 11.4. The topological polar surface area (TPSA) is 37.4 Å². The van der Waals surface area contributed by atoms with Crippen LogP contribution in [0.2, 0.25) is 0 Å². The van der Waals surface area contributed by atoms with Crippen LogP contribution in [0.15, 0.2) is 12.3 Å². The monoisotopic (exact) mass is 255 g/mol. The van der Waals surface area contributed by atoms with Crippen molar-refractivity contribution < 1.29 is 9.13 Å². The van der Waals surface area contributed by atoms with Crippen molar-refractivity contribution >= 4 is 0 Å². The van der Waals surface area contributed by atoms with E-state index in [1.54, 1.807) is 0 Å². The van der Waals surface area contributed by atoms with Crippen molar-refractivity contribution in [1.29, 1.82) is 0 Å². The van der Waals surface area contributed by atoms with E-state index in [0.29, 0.717) is 19.0 Å². The molecule has 0 saturated heterocycles.